The van der Waals surface area contributed by atoms with E-state index in [1.807, 2.05) is 6.92 Å². The lowest BCUT2D eigenvalue weighted by Gasteiger charge is -2.38. The smallest absolute Gasteiger partial charge is 0.226 e. The van der Waals surface area contributed by atoms with E-state index in [0.717, 1.165) is 25.8 Å². The SMILES string of the molecule is Cc1ccccc1[C@@H]1C[C@@H]1C(=O)N1CCCC[C@@H]1[C@H](C)N. The Hall–Kier alpha value is -1.35. The van der Waals surface area contributed by atoms with Crippen molar-refractivity contribution in [1.82, 2.24) is 4.90 Å². The van der Waals surface area contributed by atoms with Crippen LogP contribution in [0.3, 0.4) is 0 Å². The summed E-state index contributed by atoms with van der Waals surface area (Å²) in [5.74, 6) is 0.949. The molecule has 3 heteroatoms. The Labute approximate surface area is 127 Å². The second-order valence-corrected chi connectivity index (χ2v) is 6.76. The molecule has 1 aromatic rings. The summed E-state index contributed by atoms with van der Waals surface area (Å²) in [7, 11) is 0. The van der Waals surface area contributed by atoms with Gasteiger partial charge < -0.3 is 10.6 Å². The van der Waals surface area contributed by atoms with Crippen molar-refractivity contribution in [3.63, 3.8) is 0 Å². The highest BCUT2D eigenvalue weighted by Gasteiger charge is 2.47. The summed E-state index contributed by atoms with van der Waals surface area (Å²) in [4.78, 5) is 14.9. The van der Waals surface area contributed by atoms with Crippen molar-refractivity contribution >= 4 is 5.91 Å². The molecule has 2 fully saturated rings. The van der Waals surface area contributed by atoms with Gasteiger partial charge in [-0.25, -0.2) is 0 Å². The van der Waals surface area contributed by atoms with Crippen LogP contribution in [0.4, 0.5) is 0 Å². The van der Waals surface area contributed by atoms with Gasteiger partial charge in [-0.15, -0.1) is 0 Å². The van der Waals surface area contributed by atoms with Gasteiger partial charge in [-0.1, -0.05) is 24.3 Å². The topological polar surface area (TPSA) is 46.3 Å². The molecule has 0 radical (unpaired) electrons. The highest BCUT2D eigenvalue weighted by molar-refractivity contribution is 5.83. The number of hydrogen-bond donors (Lipinski definition) is 1. The van der Waals surface area contributed by atoms with Gasteiger partial charge in [-0.3, -0.25) is 4.79 Å². The van der Waals surface area contributed by atoms with Crippen molar-refractivity contribution in [3.05, 3.63) is 35.4 Å². The predicted molar refractivity (Wildman–Crippen MR) is 85.0 cm³/mol. The number of aryl methyl sites for hydroxylation is 1. The van der Waals surface area contributed by atoms with Gasteiger partial charge in [-0.2, -0.15) is 0 Å². The van der Waals surface area contributed by atoms with Gasteiger partial charge in [0.1, 0.15) is 0 Å². The average molecular weight is 286 g/mol. The van der Waals surface area contributed by atoms with Crippen molar-refractivity contribution in [2.75, 3.05) is 6.54 Å². The number of amides is 1. The zero-order chi connectivity index (χ0) is 15.0. The van der Waals surface area contributed by atoms with Gasteiger partial charge in [0.25, 0.3) is 0 Å². The molecule has 1 aliphatic heterocycles. The van der Waals surface area contributed by atoms with Crippen LogP contribution in [0.25, 0.3) is 0 Å². The predicted octanol–water partition coefficient (Wildman–Crippen LogP) is 2.83. The molecule has 114 valence electrons. The van der Waals surface area contributed by atoms with Gasteiger partial charge >= 0.3 is 0 Å². The molecule has 2 aliphatic rings. The van der Waals surface area contributed by atoms with E-state index in [0.29, 0.717) is 11.8 Å². The minimum Gasteiger partial charge on any atom is -0.338 e. The normalized spacial score (nSPS) is 30.0. The lowest BCUT2D eigenvalue weighted by atomic mass is 9.96. The molecular formula is C18H26N2O. The quantitative estimate of drug-likeness (QED) is 0.928. The fourth-order valence-electron chi connectivity index (χ4n) is 3.81. The number of carbonyl (C=O) groups is 1. The molecule has 0 spiro atoms. The second kappa shape index (κ2) is 5.80. The van der Waals surface area contributed by atoms with E-state index in [2.05, 4.69) is 36.1 Å². The molecule has 1 aromatic carbocycles. The summed E-state index contributed by atoms with van der Waals surface area (Å²) >= 11 is 0. The van der Waals surface area contributed by atoms with Gasteiger partial charge in [0, 0.05) is 24.5 Å². The fourth-order valence-corrected chi connectivity index (χ4v) is 3.81. The van der Waals surface area contributed by atoms with Crippen LogP contribution in [0.15, 0.2) is 24.3 Å². The Morgan fingerprint density at radius 2 is 2.10 bits per heavy atom. The van der Waals surface area contributed by atoms with Gasteiger partial charge in [0.2, 0.25) is 5.91 Å². The number of rotatable bonds is 3. The first-order valence-electron chi connectivity index (χ1n) is 8.21. The summed E-state index contributed by atoms with van der Waals surface area (Å²) in [6.07, 6.45) is 4.38. The standard InChI is InChI=1S/C18H26N2O/c1-12-7-3-4-8-14(12)15-11-16(15)18(21)20-10-6-5-9-17(20)13(2)19/h3-4,7-8,13,15-17H,5-6,9-11,19H2,1-2H3/t13-,15-,16-,17+/m0/s1. The summed E-state index contributed by atoms with van der Waals surface area (Å²) in [6.45, 7) is 5.06. The Kier molecular flexibility index (Phi) is 4.03. The van der Waals surface area contributed by atoms with E-state index >= 15 is 0 Å². The molecule has 1 heterocycles. The first kappa shape index (κ1) is 14.6. The maximum Gasteiger partial charge on any atom is 0.226 e. The Bertz CT molecular complexity index is 526. The minimum absolute atomic E-state index is 0.0740. The van der Waals surface area contributed by atoms with Crippen LogP contribution in [0.1, 0.15) is 49.7 Å². The largest absolute Gasteiger partial charge is 0.338 e. The van der Waals surface area contributed by atoms with Crippen molar-refractivity contribution in [3.8, 4) is 0 Å². The van der Waals surface area contributed by atoms with Gasteiger partial charge in [-0.05, 0) is 56.6 Å². The summed E-state index contributed by atoms with van der Waals surface area (Å²) < 4.78 is 0. The van der Waals surface area contributed by atoms with Crippen molar-refractivity contribution < 1.29 is 4.79 Å². The van der Waals surface area contributed by atoms with Crippen molar-refractivity contribution in [2.45, 2.75) is 57.5 Å². The van der Waals surface area contributed by atoms with E-state index in [1.54, 1.807) is 0 Å². The van der Waals surface area contributed by atoms with Crippen LogP contribution in [-0.2, 0) is 4.79 Å². The third kappa shape index (κ3) is 2.84. The highest BCUT2D eigenvalue weighted by atomic mass is 16.2. The number of likely N-dealkylation sites (tertiary alicyclic amines) is 1. The molecular weight excluding hydrogens is 260 g/mol. The van der Waals surface area contributed by atoms with Gasteiger partial charge in [0.05, 0.1) is 0 Å². The fraction of sp³-hybridized carbons (Fsp3) is 0.611. The second-order valence-electron chi connectivity index (χ2n) is 6.76. The molecule has 3 rings (SSSR count). The minimum atomic E-state index is 0.0740. The zero-order valence-corrected chi connectivity index (χ0v) is 13.1. The van der Waals surface area contributed by atoms with E-state index in [-0.39, 0.29) is 18.0 Å². The number of hydrogen-bond acceptors (Lipinski definition) is 2. The third-order valence-electron chi connectivity index (χ3n) is 5.13. The van der Waals surface area contributed by atoms with Crippen LogP contribution in [0, 0.1) is 12.8 Å². The van der Waals surface area contributed by atoms with E-state index in [4.69, 9.17) is 5.73 Å². The summed E-state index contributed by atoms with van der Waals surface area (Å²) in [6, 6.07) is 8.77. The Morgan fingerprint density at radius 1 is 1.33 bits per heavy atom. The van der Waals surface area contributed by atoms with E-state index < -0.39 is 0 Å². The number of benzene rings is 1. The molecule has 1 saturated carbocycles. The molecule has 1 saturated heterocycles. The first-order chi connectivity index (χ1) is 10.1. The molecule has 2 N–H and O–H groups in total. The summed E-state index contributed by atoms with van der Waals surface area (Å²) in [5, 5.41) is 0. The molecule has 1 aliphatic carbocycles. The number of nitrogens with two attached hydrogens (primary N) is 1. The van der Waals surface area contributed by atoms with Gasteiger partial charge in [0.15, 0.2) is 0 Å². The third-order valence-corrected chi connectivity index (χ3v) is 5.13. The van der Waals surface area contributed by atoms with Crippen LogP contribution in [-0.4, -0.2) is 29.4 Å². The van der Waals surface area contributed by atoms with Crippen molar-refractivity contribution in [2.24, 2.45) is 11.7 Å². The van der Waals surface area contributed by atoms with Crippen LogP contribution < -0.4 is 5.73 Å². The summed E-state index contributed by atoms with van der Waals surface area (Å²) in [5.41, 5.74) is 8.75. The Balaban J connectivity index is 1.71. The average Bonchev–Trinajstić information content (AvgIpc) is 3.27. The Morgan fingerprint density at radius 3 is 2.81 bits per heavy atom. The number of piperidine rings is 1. The van der Waals surface area contributed by atoms with Crippen LogP contribution in [0.5, 0.6) is 0 Å². The zero-order valence-electron chi connectivity index (χ0n) is 13.1. The van der Waals surface area contributed by atoms with E-state index in [9.17, 15) is 4.79 Å². The molecule has 21 heavy (non-hydrogen) atoms. The number of nitrogens with zero attached hydrogens (tertiary/aromatic N) is 1. The first-order valence-corrected chi connectivity index (χ1v) is 8.21. The number of carbonyl (C=O) groups excluding carboxylic acids is 1. The monoisotopic (exact) mass is 286 g/mol. The van der Waals surface area contributed by atoms with E-state index in [1.165, 1.54) is 17.5 Å². The van der Waals surface area contributed by atoms with Crippen LogP contribution in [0.2, 0.25) is 0 Å². The van der Waals surface area contributed by atoms with Crippen LogP contribution >= 0.6 is 0 Å². The molecule has 0 unspecified atom stereocenters. The maximum atomic E-state index is 12.8. The van der Waals surface area contributed by atoms with Crippen molar-refractivity contribution in [1.29, 1.82) is 0 Å². The molecule has 0 aromatic heterocycles. The lowest BCUT2D eigenvalue weighted by molar-refractivity contribution is -0.136. The molecule has 0 bridgehead atoms. The molecule has 4 atom stereocenters. The highest BCUT2D eigenvalue weighted by Crippen LogP contribution is 2.50. The maximum absolute atomic E-state index is 12.8. The lowest BCUT2D eigenvalue weighted by Crippen LogP contribution is -2.52. The molecule has 1 amide bonds. The molecule has 3 nitrogen and oxygen atoms in total.